The van der Waals surface area contributed by atoms with Crippen LogP contribution in [0.4, 0.5) is 8.78 Å². The lowest BCUT2D eigenvalue weighted by molar-refractivity contribution is -0.0498. The maximum absolute atomic E-state index is 12.3. The molecular formula is C14H16ClF2N3O. The van der Waals surface area contributed by atoms with Gasteiger partial charge in [-0.05, 0) is 31.5 Å². The van der Waals surface area contributed by atoms with Gasteiger partial charge in [0.25, 0.3) is 0 Å². The van der Waals surface area contributed by atoms with Gasteiger partial charge in [0.05, 0.1) is 23.0 Å². The predicted octanol–water partition coefficient (Wildman–Crippen LogP) is 3.77. The van der Waals surface area contributed by atoms with E-state index in [9.17, 15) is 8.78 Å². The standard InChI is InChI=1S/C14H16ClF2N3O/c1-8(2)20-13(11(15)7-19-20)12(18)9-4-3-5-10(6-9)21-14(16)17/h3-8,12,14H,18H2,1-2H3. The molecule has 1 atom stereocenters. The lowest BCUT2D eigenvalue weighted by Gasteiger charge is -2.18. The van der Waals surface area contributed by atoms with Crippen molar-refractivity contribution in [3.63, 3.8) is 0 Å². The molecule has 7 heteroatoms. The average Bonchev–Trinajstić information content (AvgIpc) is 2.79. The van der Waals surface area contributed by atoms with Crippen LogP contribution < -0.4 is 10.5 Å². The molecule has 2 N–H and O–H groups in total. The molecule has 0 aliphatic carbocycles. The highest BCUT2D eigenvalue weighted by Crippen LogP contribution is 2.30. The zero-order valence-electron chi connectivity index (χ0n) is 11.6. The van der Waals surface area contributed by atoms with Crippen LogP contribution >= 0.6 is 11.6 Å². The molecule has 0 radical (unpaired) electrons. The van der Waals surface area contributed by atoms with Crippen molar-refractivity contribution in [3.8, 4) is 5.75 Å². The van der Waals surface area contributed by atoms with Crippen molar-refractivity contribution < 1.29 is 13.5 Å². The smallest absolute Gasteiger partial charge is 0.387 e. The lowest BCUT2D eigenvalue weighted by atomic mass is 10.0. The first kappa shape index (κ1) is 15.7. The summed E-state index contributed by atoms with van der Waals surface area (Å²) < 4.78 is 30.6. The van der Waals surface area contributed by atoms with Gasteiger partial charge in [0.15, 0.2) is 0 Å². The molecule has 0 aliphatic rings. The molecule has 0 saturated heterocycles. The zero-order chi connectivity index (χ0) is 15.6. The molecule has 21 heavy (non-hydrogen) atoms. The van der Waals surface area contributed by atoms with Crippen LogP contribution in [-0.4, -0.2) is 16.4 Å². The van der Waals surface area contributed by atoms with Gasteiger partial charge in [-0.15, -0.1) is 0 Å². The van der Waals surface area contributed by atoms with Crippen molar-refractivity contribution in [1.29, 1.82) is 0 Å². The Kier molecular flexibility index (Phi) is 4.80. The molecule has 2 rings (SSSR count). The first-order valence-electron chi connectivity index (χ1n) is 6.43. The van der Waals surface area contributed by atoms with Crippen molar-refractivity contribution in [2.24, 2.45) is 5.73 Å². The van der Waals surface area contributed by atoms with Gasteiger partial charge in [0, 0.05) is 6.04 Å². The fourth-order valence-corrected chi connectivity index (χ4v) is 2.34. The van der Waals surface area contributed by atoms with Gasteiger partial charge in [-0.1, -0.05) is 23.7 Å². The Balaban J connectivity index is 2.36. The Morgan fingerprint density at radius 3 is 2.67 bits per heavy atom. The summed E-state index contributed by atoms with van der Waals surface area (Å²) in [5.74, 6) is 0.0599. The van der Waals surface area contributed by atoms with Crippen molar-refractivity contribution in [2.45, 2.75) is 32.5 Å². The lowest BCUT2D eigenvalue weighted by Crippen LogP contribution is -2.19. The second-order valence-electron chi connectivity index (χ2n) is 4.84. The third kappa shape index (κ3) is 3.51. The van der Waals surface area contributed by atoms with Crippen LogP contribution in [0.2, 0.25) is 5.02 Å². The Labute approximate surface area is 126 Å². The summed E-state index contributed by atoms with van der Waals surface area (Å²) >= 11 is 6.14. The Hall–Kier alpha value is -1.66. The van der Waals surface area contributed by atoms with Crippen LogP contribution in [0.3, 0.4) is 0 Å². The molecule has 0 fully saturated rings. The molecule has 1 aromatic carbocycles. The van der Waals surface area contributed by atoms with Gasteiger partial charge in [0.2, 0.25) is 0 Å². The Morgan fingerprint density at radius 1 is 1.33 bits per heavy atom. The zero-order valence-corrected chi connectivity index (χ0v) is 12.4. The molecule has 1 aromatic heterocycles. The van der Waals surface area contributed by atoms with Crippen LogP contribution in [0.1, 0.15) is 37.2 Å². The fraction of sp³-hybridized carbons (Fsp3) is 0.357. The fourth-order valence-electron chi connectivity index (χ4n) is 2.10. The molecule has 0 saturated carbocycles. The highest BCUT2D eigenvalue weighted by atomic mass is 35.5. The number of hydrogen-bond donors (Lipinski definition) is 1. The highest BCUT2D eigenvalue weighted by Gasteiger charge is 2.20. The number of rotatable bonds is 5. The van der Waals surface area contributed by atoms with Crippen molar-refractivity contribution >= 4 is 11.6 Å². The van der Waals surface area contributed by atoms with E-state index < -0.39 is 12.7 Å². The summed E-state index contributed by atoms with van der Waals surface area (Å²) in [5, 5.41) is 4.63. The predicted molar refractivity (Wildman–Crippen MR) is 76.7 cm³/mol. The monoisotopic (exact) mass is 315 g/mol. The van der Waals surface area contributed by atoms with E-state index in [2.05, 4.69) is 9.84 Å². The quantitative estimate of drug-likeness (QED) is 0.914. The number of hydrogen-bond acceptors (Lipinski definition) is 3. The third-order valence-electron chi connectivity index (χ3n) is 3.01. The summed E-state index contributed by atoms with van der Waals surface area (Å²) in [6.45, 7) is 1.03. The number of nitrogens with zero attached hydrogens (tertiary/aromatic N) is 2. The molecule has 4 nitrogen and oxygen atoms in total. The number of ether oxygens (including phenoxy) is 1. The van der Waals surface area contributed by atoms with Crippen molar-refractivity contribution in [2.75, 3.05) is 0 Å². The molecule has 2 aromatic rings. The number of alkyl halides is 2. The highest BCUT2D eigenvalue weighted by molar-refractivity contribution is 6.31. The number of halogens is 3. The van der Waals surface area contributed by atoms with Gasteiger partial charge in [-0.2, -0.15) is 13.9 Å². The Bertz CT molecular complexity index is 616. The van der Waals surface area contributed by atoms with E-state index in [1.54, 1.807) is 16.8 Å². The van der Waals surface area contributed by atoms with Crippen LogP contribution in [0, 0.1) is 0 Å². The molecule has 1 heterocycles. The minimum absolute atomic E-state index is 0.0599. The minimum Gasteiger partial charge on any atom is -0.435 e. The van der Waals surface area contributed by atoms with Crippen molar-refractivity contribution in [1.82, 2.24) is 9.78 Å². The molecule has 0 spiro atoms. The van der Waals surface area contributed by atoms with E-state index in [1.807, 2.05) is 13.8 Å². The van der Waals surface area contributed by atoms with E-state index in [0.717, 1.165) is 0 Å². The van der Waals surface area contributed by atoms with Crippen LogP contribution in [0.5, 0.6) is 5.75 Å². The number of benzene rings is 1. The van der Waals surface area contributed by atoms with E-state index in [4.69, 9.17) is 17.3 Å². The second-order valence-corrected chi connectivity index (χ2v) is 5.25. The van der Waals surface area contributed by atoms with E-state index in [1.165, 1.54) is 18.3 Å². The van der Waals surface area contributed by atoms with Crippen LogP contribution in [0.15, 0.2) is 30.5 Å². The molecular weight excluding hydrogens is 300 g/mol. The average molecular weight is 316 g/mol. The normalized spacial score (nSPS) is 13.0. The molecule has 0 amide bonds. The largest absolute Gasteiger partial charge is 0.435 e. The molecule has 0 bridgehead atoms. The summed E-state index contributed by atoms with van der Waals surface area (Å²) in [5.41, 5.74) is 7.47. The topological polar surface area (TPSA) is 53.1 Å². The van der Waals surface area contributed by atoms with Gasteiger partial charge in [0.1, 0.15) is 5.75 Å². The SMILES string of the molecule is CC(C)n1ncc(Cl)c1C(N)c1cccc(OC(F)F)c1. The van der Waals surface area contributed by atoms with Gasteiger partial charge >= 0.3 is 6.61 Å². The first-order chi connectivity index (χ1) is 9.90. The maximum Gasteiger partial charge on any atom is 0.387 e. The van der Waals surface area contributed by atoms with E-state index in [-0.39, 0.29) is 11.8 Å². The Morgan fingerprint density at radius 2 is 2.05 bits per heavy atom. The van der Waals surface area contributed by atoms with E-state index >= 15 is 0 Å². The summed E-state index contributed by atoms with van der Waals surface area (Å²) in [6.07, 6.45) is 1.52. The summed E-state index contributed by atoms with van der Waals surface area (Å²) in [4.78, 5) is 0. The summed E-state index contributed by atoms with van der Waals surface area (Å²) in [6, 6.07) is 5.77. The van der Waals surface area contributed by atoms with E-state index in [0.29, 0.717) is 16.3 Å². The third-order valence-corrected chi connectivity index (χ3v) is 3.30. The molecule has 1 unspecified atom stereocenters. The molecule has 0 aliphatic heterocycles. The minimum atomic E-state index is -2.87. The first-order valence-corrected chi connectivity index (χ1v) is 6.81. The second kappa shape index (κ2) is 6.41. The van der Waals surface area contributed by atoms with Gasteiger partial charge in [-0.25, -0.2) is 0 Å². The van der Waals surface area contributed by atoms with Gasteiger partial charge in [-0.3, -0.25) is 4.68 Å². The van der Waals surface area contributed by atoms with Crippen LogP contribution in [-0.2, 0) is 0 Å². The maximum atomic E-state index is 12.3. The van der Waals surface area contributed by atoms with Gasteiger partial charge < -0.3 is 10.5 Å². The number of aromatic nitrogens is 2. The summed E-state index contributed by atoms with van der Waals surface area (Å²) in [7, 11) is 0. The van der Waals surface area contributed by atoms with Crippen molar-refractivity contribution in [3.05, 3.63) is 46.7 Å². The molecule has 114 valence electrons. The number of nitrogens with two attached hydrogens (primary N) is 1. The van der Waals surface area contributed by atoms with Crippen LogP contribution in [0.25, 0.3) is 0 Å².